The van der Waals surface area contributed by atoms with Crippen molar-refractivity contribution in [2.75, 3.05) is 32.7 Å². The van der Waals surface area contributed by atoms with Crippen LogP contribution in [-0.4, -0.2) is 42.5 Å². The third kappa shape index (κ3) is 6.12. The summed E-state index contributed by atoms with van der Waals surface area (Å²) in [5.74, 6) is -0.205. The van der Waals surface area contributed by atoms with Crippen LogP contribution in [0.3, 0.4) is 0 Å². The Morgan fingerprint density at radius 1 is 0.952 bits per heavy atom. The van der Waals surface area contributed by atoms with Gasteiger partial charge in [0.25, 0.3) is 0 Å². The van der Waals surface area contributed by atoms with Crippen LogP contribution in [0.4, 0.5) is 4.39 Å². The third-order valence-electron chi connectivity index (χ3n) is 4.07. The van der Waals surface area contributed by atoms with Gasteiger partial charge in [0.15, 0.2) is 0 Å². The van der Waals surface area contributed by atoms with E-state index in [1.165, 1.54) is 6.07 Å². The second-order valence-corrected chi connectivity index (χ2v) is 5.37. The second kappa shape index (κ2) is 9.87. The molecule has 4 heteroatoms. The molecule has 0 bridgehead atoms. The summed E-state index contributed by atoms with van der Waals surface area (Å²) in [6.07, 6.45) is 1.16. The van der Waals surface area contributed by atoms with Crippen molar-refractivity contribution in [1.82, 2.24) is 9.80 Å². The maximum absolute atomic E-state index is 13.2. The highest BCUT2D eigenvalue weighted by atomic mass is 19.1. The predicted molar refractivity (Wildman–Crippen MR) is 87.6 cm³/mol. The second-order valence-electron chi connectivity index (χ2n) is 5.37. The van der Waals surface area contributed by atoms with E-state index in [0.717, 1.165) is 56.8 Å². The molecule has 0 saturated heterocycles. The molecule has 0 aliphatic rings. The molecule has 0 atom stereocenters. The van der Waals surface area contributed by atoms with E-state index in [0.29, 0.717) is 6.54 Å². The molecule has 21 heavy (non-hydrogen) atoms. The van der Waals surface area contributed by atoms with Crippen molar-refractivity contribution in [2.24, 2.45) is 5.73 Å². The van der Waals surface area contributed by atoms with Crippen molar-refractivity contribution in [3.8, 4) is 0 Å². The zero-order valence-corrected chi connectivity index (χ0v) is 13.7. The van der Waals surface area contributed by atoms with Crippen LogP contribution in [0, 0.1) is 5.82 Å². The Bertz CT molecular complexity index is 405. The average molecular weight is 295 g/mol. The average Bonchev–Trinajstić information content (AvgIpc) is 2.51. The van der Waals surface area contributed by atoms with Crippen molar-refractivity contribution in [2.45, 2.75) is 40.3 Å². The van der Waals surface area contributed by atoms with E-state index in [2.05, 4.69) is 30.6 Å². The van der Waals surface area contributed by atoms with Crippen LogP contribution in [0.2, 0.25) is 0 Å². The summed E-state index contributed by atoms with van der Waals surface area (Å²) < 4.78 is 13.2. The van der Waals surface area contributed by atoms with Gasteiger partial charge in [-0.3, -0.25) is 4.90 Å². The number of hydrogen-bond acceptors (Lipinski definition) is 3. The summed E-state index contributed by atoms with van der Waals surface area (Å²) >= 11 is 0. The van der Waals surface area contributed by atoms with Gasteiger partial charge in [0.05, 0.1) is 0 Å². The van der Waals surface area contributed by atoms with Crippen LogP contribution in [0.5, 0.6) is 0 Å². The van der Waals surface area contributed by atoms with Crippen molar-refractivity contribution < 1.29 is 4.39 Å². The Morgan fingerprint density at radius 2 is 1.57 bits per heavy atom. The first-order valence-electron chi connectivity index (χ1n) is 8.06. The predicted octanol–water partition coefficient (Wildman–Crippen LogP) is 2.84. The smallest absolute Gasteiger partial charge is 0.123 e. The van der Waals surface area contributed by atoms with Gasteiger partial charge in [-0.25, -0.2) is 4.39 Å². The summed E-state index contributed by atoms with van der Waals surface area (Å²) in [5, 5.41) is 0. The molecule has 0 aliphatic heterocycles. The molecule has 0 aliphatic carbocycles. The van der Waals surface area contributed by atoms with Crippen LogP contribution in [0.1, 0.15) is 38.3 Å². The lowest BCUT2D eigenvalue weighted by Gasteiger charge is -2.24. The van der Waals surface area contributed by atoms with E-state index in [-0.39, 0.29) is 5.82 Å². The van der Waals surface area contributed by atoms with Crippen LogP contribution >= 0.6 is 0 Å². The first-order valence-corrected chi connectivity index (χ1v) is 8.06. The molecule has 120 valence electrons. The van der Waals surface area contributed by atoms with Gasteiger partial charge in [-0.15, -0.1) is 0 Å². The lowest BCUT2D eigenvalue weighted by atomic mass is 10.1. The molecule has 0 unspecified atom stereocenters. The lowest BCUT2D eigenvalue weighted by molar-refractivity contribution is 0.238. The molecule has 0 saturated carbocycles. The molecule has 0 spiro atoms. The normalized spacial score (nSPS) is 11.6. The fourth-order valence-electron chi connectivity index (χ4n) is 2.59. The Hall–Kier alpha value is -0.970. The highest BCUT2D eigenvalue weighted by Gasteiger charge is 2.09. The standard InChI is InChI=1S/C17H30FN3/c1-4-20(5-2)10-7-11-21(6-3)14-15-8-9-17(18)12-16(15)13-19/h8-9,12H,4-7,10-11,13-14,19H2,1-3H3. The molecule has 0 fully saturated rings. The molecular formula is C17H30FN3. The zero-order chi connectivity index (χ0) is 15.7. The summed E-state index contributed by atoms with van der Waals surface area (Å²) in [6.45, 7) is 13.2. The Labute approximate surface area is 128 Å². The monoisotopic (exact) mass is 295 g/mol. The summed E-state index contributed by atoms with van der Waals surface area (Å²) in [4.78, 5) is 4.84. The maximum atomic E-state index is 13.2. The van der Waals surface area contributed by atoms with Crippen molar-refractivity contribution in [3.63, 3.8) is 0 Å². The Balaban J connectivity index is 2.54. The van der Waals surface area contributed by atoms with Gasteiger partial charge in [-0.1, -0.05) is 26.8 Å². The fourth-order valence-corrected chi connectivity index (χ4v) is 2.59. The van der Waals surface area contributed by atoms with E-state index in [1.54, 1.807) is 6.07 Å². The van der Waals surface area contributed by atoms with E-state index < -0.39 is 0 Å². The summed E-state index contributed by atoms with van der Waals surface area (Å²) in [6, 6.07) is 4.95. The molecule has 0 amide bonds. The molecule has 0 heterocycles. The first kappa shape index (κ1) is 18.1. The number of nitrogens with zero attached hydrogens (tertiary/aromatic N) is 2. The highest BCUT2D eigenvalue weighted by Crippen LogP contribution is 2.14. The van der Waals surface area contributed by atoms with Crippen LogP contribution in [0.15, 0.2) is 18.2 Å². The first-order chi connectivity index (χ1) is 10.1. The summed E-state index contributed by atoms with van der Waals surface area (Å²) in [7, 11) is 0. The van der Waals surface area contributed by atoms with E-state index in [1.807, 2.05) is 6.07 Å². The van der Waals surface area contributed by atoms with Crippen molar-refractivity contribution >= 4 is 0 Å². The molecule has 2 N–H and O–H groups in total. The van der Waals surface area contributed by atoms with Gasteiger partial charge in [-0.05, 0) is 62.4 Å². The minimum Gasteiger partial charge on any atom is -0.326 e. The minimum absolute atomic E-state index is 0.205. The van der Waals surface area contributed by atoms with Crippen molar-refractivity contribution in [3.05, 3.63) is 35.1 Å². The number of nitrogens with two attached hydrogens (primary N) is 1. The SMILES string of the molecule is CCN(CC)CCCN(CC)Cc1ccc(F)cc1CN. The number of rotatable bonds is 10. The van der Waals surface area contributed by atoms with E-state index >= 15 is 0 Å². The molecular weight excluding hydrogens is 265 g/mol. The quantitative estimate of drug-likeness (QED) is 0.720. The van der Waals surface area contributed by atoms with E-state index in [4.69, 9.17) is 5.73 Å². The maximum Gasteiger partial charge on any atom is 0.123 e. The third-order valence-corrected chi connectivity index (χ3v) is 4.07. The lowest BCUT2D eigenvalue weighted by Crippen LogP contribution is -2.30. The van der Waals surface area contributed by atoms with Gasteiger partial charge < -0.3 is 10.6 Å². The molecule has 1 rings (SSSR count). The van der Waals surface area contributed by atoms with Gasteiger partial charge in [0.1, 0.15) is 5.82 Å². The molecule has 1 aromatic carbocycles. The Kier molecular flexibility index (Phi) is 8.50. The van der Waals surface area contributed by atoms with Crippen LogP contribution < -0.4 is 5.73 Å². The van der Waals surface area contributed by atoms with Gasteiger partial charge in [-0.2, -0.15) is 0 Å². The fraction of sp³-hybridized carbons (Fsp3) is 0.647. The molecule has 3 nitrogen and oxygen atoms in total. The zero-order valence-electron chi connectivity index (χ0n) is 13.7. The Morgan fingerprint density at radius 3 is 2.14 bits per heavy atom. The van der Waals surface area contributed by atoms with Crippen LogP contribution in [0.25, 0.3) is 0 Å². The largest absolute Gasteiger partial charge is 0.326 e. The number of hydrogen-bond donors (Lipinski definition) is 1. The van der Waals surface area contributed by atoms with E-state index in [9.17, 15) is 4.39 Å². The van der Waals surface area contributed by atoms with Crippen LogP contribution in [-0.2, 0) is 13.1 Å². The van der Waals surface area contributed by atoms with Gasteiger partial charge in [0, 0.05) is 13.1 Å². The molecule has 0 radical (unpaired) electrons. The summed E-state index contributed by atoms with van der Waals surface area (Å²) in [5.41, 5.74) is 7.78. The topological polar surface area (TPSA) is 32.5 Å². The van der Waals surface area contributed by atoms with Crippen molar-refractivity contribution in [1.29, 1.82) is 0 Å². The molecule has 0 aromatic heterocycles. The number of halogens is 1. The number of benzene rings is 1. The highest BCUT2D eigenvalue weighted by molar-refractivity contribution is 5.27. The molecule has 1 aromatic rings. The van der Waals surface area contributed by atoms with Gasteiger partial charge >= 0.3 is 0 Å². The van der Waals surface area contributed by atoms with Gasteiger partial charge in [0.2, 0.25) is 0 Å². The minimum atomic E-state index is -0.205.